The van der Waals surface area contributed by atoms with Crippen LogP contribution in [-0.2, 0) is 23.4 Å². The van der Waals surface area contributed by atoms with E-state index in [1.807, 2.05) is 0 Å². The van der Waals surface area contributed by atoms with Crippen LogP contribution in [-0.4, -0.2) is 31.9 Å². The van der Waals surface area contributed by atoms with Crippen molar-refractivity contribution in [2.24, 2.45) is 0 Å². The number of rotatable bonds is 5. The summed E-state index contributed by atoms with van der Waals surface area (Å²) in [4.78, 5) is 0. The lowest BCUT2D eigenvalue weighted by Gasteiger charge is -2.12. The van der Waals surface area contributed by atoms with Gasteiger partial charge in [0.1, 0.15) is 0 Å². The summed E-state index contributed by atoms with van der Waals surface area (Å²) < 4.78 is 26.4. The lowest BCUT2D eigenvalue weighted by molar-refractivity contribution is 0.281. The Morgan fingerprint density at radius 2 is 1.94 bits per heavy atom. The van der Waals surface area contributed by atoms with Gasteiger partial charge in [0.2, 0.25) is 0 Å². The number of hydrogen-bond donors (Lipinski definition) is 2. The summed E-state index contributed by atoms with van der Waals surface area (Å²) in [6.07, 6.45) is 0. The molecule has 0 aromatic heterocycles. The number of aliphatic hydroxyl groups excluding tert-OH is 1. The van der Waals surface area contributed by atoms with Crippen LogP contribution in [0.15, 0.2) is 24.3 Å². The molecule has 0 amide bonds. The SMILES string of the molecule is CN(C)S(=O)(=O)NCc1cccc(CO)c1. The minimum atomic E-state index is -3.40. The van der Waals surface area contributed by atoms with Gasteiger partial charge < -0.3 is 5.11 Å². The van der Waals surface area contributed by atoms with Gasteiger partial charge in [0, 0.05) is 20.6 Å². The molecule has 0 fully saturated rings. The van der Waals surface area contributed by atoms with Crippen LogP contribution in [0.1, 0.15) is 11.1 Å². The van der Waals surface area contributed by atoms with Gasteiger partial charge in [-0.05, 0) is 11.1 Å². The zero-order valence-corrected chi connectivity index (χ0v) is 10.2. The van der Waals surface area contributed by atoms with Crippen molar-refractivity contribution in [1.82, 2.24) is 9.03 Å². The Hall–Kier alpha value is -0.950. The van der Waals surface area contributed by atoms with E-state index in [0.29, 0.717) is 0 Å². The molecule has 5 nitrogen and oxygen atoms in total. The fourth-order valence-corrected chi connectivity index (χ4v) is 1.75. The summed E-state index contributed by atoms with van der Waals surface area (Å²) in [6.45, 7) is 0.169. The van der Waals surface area contributed by atoms with Crippen LogP contribution in [0, 0.1) is 0 Å². The van der Waals surface area contributed by atoms with Gasteiger partial charge in [-0.2, -0.15) is 17.4 Å². The molecule has 0 aliphatic rings. The molecule has 0 radical (unpaired) electrons. The Morgan fingerprint density at radius 3 is 2.50 bits per heavy atom. The van der Waals surface area contributed by atoms with Gasteiger partial charge in [-0.1, -0.05) is 24.3 Å². The van der Waals surface area contributed by atoms with Gasteiger partial charge in [0.15, 0.2) is 0 Å². The first-order chi connectivity index (χ1) is 7.45. The molecule has 6 heteroatoms. The molecule has 0 aliphatic heterocycles. The van der Waals surface area contributed by atoms with Crippen LogP contribution >= 0.6 is 0 Å². The minimum absolute atomic E-state index is 0.0474. The molecule has 1 rings (SSSR count). The monoisotopic (exact) mass is 244 g/mol. The second kappa shape index (κ2) is 5.40. The van der Waals surface area contributed by atoms with Crippen molar-refractivity contribution in [3.63, 3.8) is 0 Å². The quantitative estimate of drug-likeness (QED) is 0.770. The Labute approximate surface area is 95.9 Å². The highest BCUT2D eigenvalue weighted by Crippen LogP contribution is 2.05. The molecule has 1 aromatic rings. The molecule has 2 N–H and O–H groups in total. The van der Waals surface area contributed by atoms with E-state index in [4.69, 9.17) is 5.11 Å². The van der Waals surface area contributed by atoms with E-state index in [9.17, 15) is 8.42 Å². The van der Waals surface area contributed by atoms with E-state index in [2.05, 4.69) is 4.72 Å². The first-order valence-electron chi connectivity index (χ1n) is 4.81. The van der Waals surface area contributed by atoms with Crippen LogP contribution in [0.3, 0.4) is 0 Å². The average molecular weight is 244 g/mol. The smallest absolute Gasteiger partial charge is 0.279 e. The largest absolute Gasteiger partial charge is 0.392 e. The third kappa shape index (κ3) is 3.57. The Morgan fingerprint density at radius 1 is 1.31 bits per heavy atom. The lowest BCUT2D eigenvalue weighted by atomic mass is 10.1. The molecule has 90 valence electrons. The summed E-state index contributed by atoms with van der Waals surface area (Å²) in [7, 11) is -0.466. The van der Waals surface area contributed by atoms with Gasteiger partial charge in [-0.3, -0.25) is 0 Å². The predicted octanol–water partition coefficient (Wildman–Crippen LogP) is 0.0749. The van der Waals surface area contributed by atoms with E-state index in [1.165, 1.54) is 14.1 Å². The molecule has 0 saturated carbocycles. The zero-order valence-electron chi connectivity index (χ0n) is 9.34. The maximum absolute atomic E-state index is 11.4. The highest BCUT2D eigenvalue weighted by atomic mass is 32.2. The zero-order chi connectivity index (χ0) is 12.2. The van der Waals surface area contributed by atoms with E-state index in [-0.39, 0.29) is 13.2 Å². The molecule has 0 heterocycles. The molecule has 0 bridgehead atoms. The fourth-order valence-electron chi connectivity index (χ4n) is 1.14. The molecule has 1 aromatic carbocycles. The summed E-state index contributed by atoms with van der Waals surface area (Å²) in [5.41, 5.74) is 1.58. The van der Waals surface area contributed by atoms with Gasteiger partial charge in [0.25, 0.3) is 10.2 Å². The molecule has 16 heavy (non-hydrogen) atoms. The predicted molar refractivity (Wildman–Crippen MR) is 61.8 cm³/mol. The summed E-state index contributed by atoms with van der Waals surface area (Å²) >= 11 is 0. The molecule has 0 spiro atoms. The maximum Gasteiger partial charge on any atom is 0.279 e. The van der Waals surface area contributed by atoms with Crippen molar-refractivity contribution in [2.45, 2.75) is 13.2 Å². The topological polar surface area (TPSA) is 69.6 Å². The van der Waals surface area contributed by atoms with Crippen LogP contribution in [0.25, 0.3) is 0 Å². The van der Waals surface area contributed by atoms with Crippen molar-refractivity contribution < 1.29 is 13.5 Å². The molecule has 0 atom stereocenters. The Balaban J connectivity index is 2.68. The summed E-state index contributed by atoms with van der Waals surface area (Å²) in [5, 5.41) is 8.93. The van der Waals surface area contributed by atoms with Gasteiger partial charge in [-0.15, -0.1) is 0 Å². The number of nitrogens with one attached hydrogen (secondary N) is 1. The van der Waals surface area contributed by atoms with Crippen LogP contribution in [0.4, 0.5) is 0 Å². The van der Waals surface area contributed by atoms with E-state index >= 15 is 0 Å². The van der Waals surface area contributed by atoms with Gasteiger partial charge >= 0.3 is 0 Å². The van der Waals surface area contributed by atoms with Gasteiger partial charge in [0.05, 0.1) is 6.61 Å². The van der Waals surface area contributed by atoms with E-state index in [1.54, 1.807) is 24.3 Å². The third-order valence-corrected chi connectivity index (χ3v) is 3.58. The van der Waals surface area contributed by atoms with Crippen molar-refractivity contribution in [3.8, 4) is 0 Å². The molecule has 0 unspecified atom stereocenters. The van der Waals surface area contributed by atoms with Crippen molar-refractivity contribution >= 4 is 10.2 Å². The van der Waals surface area contributed by atoms with E-state index in [0.717, 1.165) is 15.4 Å². The first-order valence-corrected chi connectivity index (χ1v) is 6.25. The summed E-state index contributed by atoms with van der Waals surface area (Å²) in [5.74, 6) is 0. The molecular formula is C10H16N2O3S. The highest BCUT2D eigenvalue weighted by molar-refractivity contribution is 7.87. The van der Waals surface area contributed by atoms with Crippen LogP contribution < -0.4 is 4.72 Å². The average Bonchev–Trinajstić information content (AvgIpc) is 2.26. The standard InChI is InChI=1S/C10H16N2O3S/c1-12(2)16(14,15)11-7-9-4-3-5-10(6-9)8-13/h3-6,11,13H,7-8H2,1-2H3. The van der Waals surface area contributed by atoms with Crippen LogP contribution in [0.5, 0.6) is 0 Å². The number of hydrogen-bond acceptors (Lipinski definition) is 3. The molecule has 0 aliphatic carbocycles. The number of nitrogens with zero attached hydrogens (tertiary/aromatic N) is 1. The highest BCUT2D eigenvalue weighted by Gasteiger charge is 2.11. The number of benzene rings is 1. The first kappa shape index (κ1) is 13.1. The Bertz CT molecular complexity index is 443. The van der Waals surface area contributed by atoms with Crippen LogP contribution in [0.2, 0.25) is 0 Å². The lowest BCUT2D eigenvalue weighted by Crippen LogP contribution is -2.35. The van der Waals surface area contributed by atoms with Crippen molar-refractivity contribution in [3.05, 3.63) is 35.4 Å². The van der Waals surface area contributed by atoms with Crippen molar-refractivity contribution in [1.29, 1.82) is 0 Å². The summed E-state index contributed by atoms with van der Waals surface area (Å²) in [6, 6.07) is 7.13. The Kier molecular flexibility index (Phi) is 4.43. The molecule has 0 saturated heterocycles. The maximum atomic E-state index is 11.4. The number of aliphatic hydroxyl groups is 1. The minimum Gasteiger partial charge on any atom is -0.392 e. The second-order valence-corrected chi connectivity index (χ2v) is 5.56. The van der Waals surface area contributed by atoms with Gasteiger partial charge in [-0.25, -0.2) is 0 Å². The van der Waals surface area contributed by atoms with Crippen molar-refractivity contribution in [2.75, 3.05) is 14.1 Å². The second-order valence-electron chi connectivity index (χ2n) is 3.59. The molecular weight excluding hydrogens is 228 g/mol. The normalized spacial score (nSPS) is 12.0. The third-order valence-electron chi connectivity index (χ3n) is 2.11. The fraction of sp³-hybridized carbons (Fsp3) is 0.400. The van der Waals surface area contributed by atoms with E-state index < -0.39 is 10.2 Å².